The third-order valence-corrected chi connectivity index (χ3v) is 3.96. The van der Waals surface area contributed by atoms with Crippen molar-refractivity contribution in [3.63, 3.8) is 0 Å². The molecule has 1 aromatic rings. The van der Waals surface area contributed by atoms with E-state index in [4.69, 9.17) is 16.3 Å². The summed E-state index contributed by atoms with van der Waals surface area (Å²) in [6, 6.07) is 3.60. The van der Waals surface area contributed by atoms with Crippen molar-refractivity contribution in [1.29, 1.82) is 0 Å². The highest BCUT2D eigenvalue weighted by atomic mass is 35.5. The summed E-state index contributed by atoms with van der Waals surface area (Å²) in [7, 11) is 1.51. The number of anilines is 1. The Morgan fingerprint density at radius 1 is 1.48 bits per heavy atom. The number of carboxylic acid groups (broad SMARTS) is 1. The molecule has 1 fully saturated rings. The molecule has 0 radical (unpaired) electrons. The van der Waals surface area contributed by atoms with Crippen molar-refractivity contribution in [2.45, 2.75) is 19.4 Å². The molecule has 0 spiro atoms. The Morgan fingerprint density at radius 3 is 2.81 bits per heavy atom. The molecule has 21 heavy (non-hydrogen) atoms. The number of urea groups is 1. The highest BCUT2D eigenvalue weighted by Gasteiger charge is 2.39. The Hall–Kier alpha value is -1.95. The van der Waals surface area contributed by atoms with Gasteiger partial charge < -0.3 is 20.1 Å². The van der Waals surface area contributed by atoms with Crippen LogP contribution in [0, 0.1) is 5.92 Å². The van der Waals surface area contributed by atoms with Crippen LogP contribution in [0.3, 0.4) is 0 Å². The predicted molar refractivity (Wildman–Crippen MR) is 78.9 cm³/mol. The van der Waals surface area contributed by atoms with Gasteiger partial charge in [-0.25, -0.2) is 9.59 Å². The average Bonchev–Trinajstić information content (AvgIpc) is 2.83. The molecule has 2 rings (SSSR count). The molecule has 114 valence electrons. The first-order chi connectivity index (χ1) is 9.93. The molecule has 1 aliphatic heterocycles. The van der Waals surface area contributed by atoms with Crippen LogP contribution in [0.25, 0.3) is 0 Å². The van der Waals surface area contributed by atoms with E-state index in [1.165, 1.54) is 12.0 Å². The first-order valence-electron chi connectivity index (χ1n) is 6.58. The molecule has 2 N–H and O–H groups in total. The average molecular weight is 313 g/mol. The number of hydrogen-bond donors (Lipinski definition) is 2. The molecule has 0 aromatic heterocycles. The van der Waals surface area contributed by atoms with Crippen LogP contribution in [0.4, 0.5) is 10.5 Å². The minimum atomic E-state index is -0.994. The fourth-order valence-corrected chi connectivity index (χ4v) is 2.63. The van der Waals surface area contributed by atoms with Crippen LogP contribution in [0.5, 0.6) is 5.75 Å². The van der Waals surface area contributed by atoms with Gasteiger partial charge in [0.15, 0.2) is 0 Å². The Morgan fingerprint density at radius 2 is 2.19 bits per heavy atom. The first kappa shape index (κ1) is 15.4. The van der Waals surface area contributed by atoms with E-state index < -0.39 is 18.0 Å². The smallest absolute Gasteiger partial charge is 0.326 e. The summed E-state index contributed by atoms with van der Waals surface area (Å²) < 4.78 is 5.08. The Kier molecular flexibility index (Phi) is 4.57. The predicted octanol–water partition coefficient (Wildman–Crippen LogP) is 2.68. The van der Waals surface area contributed by atoms with E-state index in [9.17, 15) is 14.7 Å². The second-order valence-electron chi connectivity index (χ2n) is 5.02. The molecule has 2 amide bonds. The van der Waals surface area contributed by atoms with Gasteiger partial charge in [-0.1, -0.05) is 18.5 Å². The van der Waals surface area contributed by atoms with Crippen molar-refractivity contribution in [3.8, 4) is 5.75 Å². The SMILES string of the molecule is COc1ccc(Cl)c(NC(=O)N2CCC(C)C2C(=O)O)c1. The van der Waals surface area contributed by atoms with Gasteiger partial charge in [-0.05, 0) is 24.5 Å². The monoisotopic (exact) mass is 312 g/mol. The van der Waals surface area contributed by atoms with Gasteiger partial charge in [0.1, 0.15) is 11.8 Å². The fourth-order valence-electron chi connectivity index (χ4n) is 2.47. The maximum atomic E-state index is 12.3. The minimum absolute atomic E-state index is 0.0750. The lowest BCUT2D eigenvalue weighted by atomic mass is 10.0. The number of carbonyl (C=O) groups excluding carboxylic acids is 1. The Balaban J connectivity index is 2.16. The van der Waals surface area contributed by atoms with Gasteiger partial charge in [-0.3, -0.25) is 0 Å². The molecular formula is C14H17ClN2O4. The number of halogens is 1. The lowest BCUT2D eigenvalue weighted by Gasteiger charge is -2.24. The van der Waals surface area contributed by atoms with Crippen molar-refractivity contribution in [1.82, 2.24) is 4.90 Å². The number of nitrogens with zero attached hydrogens (tertiary/aromatic N) is 1. The van der Waals surface area contributed by atoms with E-state index in [1.54, 1.807) is 18.2 Å². The third-order valence-electron chi connectivity index (χ3n) is 3.63. The fraction of sp³-hybridized carbons (Fsp3) is 0.429. The van der Waals surface area contributed by atoms with Crippen molar-refractivity contribution < 1.29 is 19.4 Å². The van der Waals surface area contributed by atoms with E-state index in [0.717, 1.165) is 0 Å². The molecule has 0 aliphatic carbocycles. The van der Waals surface area contributed by atoms with Gasteiger partial charge in [0, 0.05) is 12.6 Å². The summed E-state index contributed by atoms with van der Waals surface area (Å²) in [5, 5.41) is 12.2. The number of amides is 2. The second-order valence-corrected chi connectivity index (χ2v) is 5.43. The van der Waals surface area contributed by atoms with Gasteiger partial charge in [0.05, 0.1) is 17.8 Å². The van der Waals surface area contributed by atoms with E-state index in [-0.39, 0.29) is 5.92 Å². The molecule has 0 bridgehead atoms. The normalized spacial score (nSPS) is 21.2. The van der Waals surface area contributed by atoms with Crippen molar-refractivity contribution >= 4 is 29.3 Å². The summed E-state index contributed by atoms with van der Waals surface area (Å²) in [4.78, 5) is 24.9. The first-order valence-corrected chi connectivity index (χ1v) is 6.95. The number of rotatable bonds is 3. The molecule has 2 unspecified atom stereocenters. The molecule has 6 nitrogen and oxygen atoms in total. The summed E-state index contributed by atoms with van der Waals surface area (Å²) in [6.45, 7) is 2.23. The standard InChI is InChI=1S/C14H17ClN2O4/c1-8-5-6-17(12(8)13(18)19)14(20)16-11-7-9(21-2)3-4-10(11)15/h3-4,7-8,12H,5-6H2,1-2H3,(H,16,20)(H,18,19). The van der Waals surface area contributed by atoms with Crippen LogP contribution in [0.15, 0.2) is 18.2 Å². The van der Waals surface area contributed by atoms with Gasteiger partial charge >= 0.3 is 12.0 Å². The maximum Gasteiger partial charge on any atom is 0.326 e. The molecule has 1 saturated heterocycles. The number of hydrogen-bond acceptors (Lipinski definition) is 3. The molecule has 7 heteroatoms. The number of carboxylic acids is 1. The number of nitrogens with one attached hydrogen (secondary N) is 1. The maximum absolute atomic E-state index is 12.3. The second kappa shape index (κ2) is 6.22. The number of aliphatic carboxylic acids is 1. The van der Waals surface area contributed by atoms with Crippen molar-refractivity contribution in [2.24, 2.45) is 5.92 Å². The lowest BCUT2D eigenvalue weighted by molar-refractivity contribution is -0.142. The van der Waals surface area contributed by atoms with Crippen LogP contribution in [0.1, 0.15) is 13.3 Å². The summed E-state index contributed by atoms with van der Waals surface area (Å²) in [5.41, 5.74) is 0.393. The van der Waals surface area contributed by atoms with E-state index in [1.807, 2.05) is 6.92 Å². The topological polar surface area (TPSA) is 78.9 Å². The lowest BCUT2D eigenvalue weighted by Crippen LogP contribution is -2.44. The van der Waals surface area contributed by atoms with Crippen LogP contribution >= 0.6 is 11.6 Å². The number of benzene rings is 1. The van der Waals surface area contributed by atoms with Crippen LogP contribution in [-0.2, 0) is 4.79 Å². The number of carbonyl (C=O) groups is 2. The molecule has 2 atom stereocenters. The number of methoxy groups -OCH3 is 1. The quantitative estimate of drug-likeness (QED) is 0.899. The zero-order chi connectivity index (χ0) is 15.6. The van der Waals surface area contributed by atoms with E-state index in [0.29, 0.717) is 29.4 Å². The molecular weight excluding hydrogens is 296 g/mol. The Bertz CT molecular complexity index is 564. The van der Waals surface area contributed by atoms with Crippen molar-refractivity contribution in [2.75, 3.05) is 19.0 Å². The zero-order valence-corrected chi connectivity index (χ0v) is 12.6. The zero-order valence-electron chi connectivity index (χ0n) is 11.8. The van der Waals surface area contributed by atoms with Gasteiger partial charge in [-0.15, -0.1) is 0 Å². The highest BCUT2D eigenvalue weighted by molar-refractivity contribution is 6.33. The van der Waals surface area contributed by atoms with Gasteiger partial charge in [-0.2, -0.15) is 0 Å². The number of ether oxygens (including phenoxy) is 1. The summed E-state index contributed by atoms with van der Waals surface area (Å²) in [5.74, 6) is -0.514. The highest BCUT2D eigenvalue weighted by Crippen LogP contribution is 2.29. The molecule has 0 saturated carbocycles. The summed E-state index contributed by atoms with van der Waals surface area (Å²) in [6.07, 6.45) is 0.663. The van der Waals surface area contributed by atoms with Crippen LogP contribution in [0.2, 0.25) is 5.02 Å². The van der Waals surface area contributed by atoms with Gasteiger partial charge in [0.2, 0.25) is 0 Å². The number of likely N-dealkylation sites (tertiary alicyclic amines) is 1. The van der Waals surface area contributed by atoms with E-state index >= 15 is 0 Å². The largest absolute Gasteiger partial charge is 0.497 e. The van der Waals surface area contributed by atoms with Crippen LogP contribution < -0.4 is 10.1 Å². The van der Waals surface area contributed by atoms with E-state index in [2.05, 4.69) is 5.32 Å². The minimum Gasteiger partial charge on any atom is -0.497 e. The summed E-state index contributed by atoms with van der Waals surface area (Å²) >= 11 is 6.03. The van der Waals surface area contributed by atoms with Crippen LogP contribution in [-0.4, -0.2) is 41.7 Å². The third kappa shape index (κ3) is 3.21. The molecule has 1 aromatic carbocycles. The Labute approximate surface area is 127 Å². The molecule has 1 heterocycles. The molecule has 1 aliphatic rings. The van der Waals surface area contributed by atoms with Gasteiger partial charge in [0.25, 0.3) is 0 Å². The van der Waals surface area contributed by atoms with Crippen molar-refractivity contribution in [3.05, 3.63) is 23.2 Å².